The SMILES string of the molecule is COc1ccc(F)cc1COc1csc(C(=O)O)c1. The summed E-state index contributed by atoms with van der Waals surface area (Å²) in [6.45, 7) is 0.108. The van der Waals surface area contributed by atoms with E-state index in [4.69, 9.17) is 14.6 Å². The van der Waals surface area contributed by atoms with Gasteiger partial charge in [-0.3, -0.25) is 0 Å². The Morgan fingerprint density at radius 2 is 2.21 bits per heavy atom. The molecule has 0 aliphatic heterocycles. The molecular formula is C13H11FO4S. The first-order valence-corrected chi connectivity index (χ1v) is 6.25. The minimum atomic E-state index is -0.997. The second kappa shape index (κ2) is 5.71. The first kappa shape index (κ1) is 13.4. The molecule has 0 aliphatic rings. The average Bonchev–Trinajstić information content (AvgIpc) is 2.85. The van der Waals surface area contributed by atoms with E-state index in [-0.39, 0.29) is 17.3 Å². The first-order chi connectivity index (χ1) is 9.10. The molecule has 0 bridgehead atoms. The van der Waals surface area contributed by atoms with Crippen LogP contribution in [0.25, 0.3) is 0 Å². The summed E-state index contributed by atoms with van der Waals surface area (Å²) >= 11 is 1.08. The number of benzene rings is 1. The molecule has 0 unspecified atom stereocenters. The van der Waals surface area contributed by atoms with E-state index in [1.165, 1.54) is 31.4 Å². The molecule has 100 valence electrons. The number of carboxylic acid groups (broad SMARTS) is 1. The third kappa shape index (κ3) is 3.23. The van der Waals surface area contributed by atoms with Crippen molar-refractivity contribution in [2.45, 2.75) is 6.61 Å². The molecule has 1 N–H and O–H groups in total. The van der Waals surface area contributed by atoms with Crippen molar-refractivity contribution in [3.63, 3.8) is 0 Å². The highest BCUT2D eigenvalue weighted by Crippen LogP contribution is 2.25. The Morgan fingerprint density at radius 3 is 2.84 bits per heavy atom. The van der Waals surface area contributed by atoms with Gasteiger partial charge in [0.05, 0.1) is 7.11 Å². The predicted molar refractivity (Wildman–Crippen MR) is 68.6 cm³/mol. The Kier molecular flexibility index (Phi) is 4.01. The van der Waals surface area contributed by atoms with Crippen LogP contribution in [-0.4, -0.2) is 18.2 Å². The van der Waals surface area contributed by atoms with E-state index in [0.29, 0.717) is 17.1 Å². The quantitative estimate of drug-likeness (QED) is 0.915. The molecule has 0 radical (unpaired) electrons. The number of rotatable bonds is 5. The number of ether oxygens (including phenoxy) is 2. The zero-order chi connectivity index (χ0) is 13.8. The topological polar surface area (TPSA) is 55.8 Å². The molecule has 1 aromatic heterocycles. The summed E-state index contributed by atoms with van der Waals surface area (Å²) in [6, 6.07) is 5.57. The summed E-state index contributed by atoms with van der Waals surface area (Å²) in [5.74, 6) is -0.414. The average molecular weight is 282 g/mol. The molecule has 0 saturated carbocycles. The van der Waals surface area contributed by atoms with Crippen LogP contribution in [0.15, 0.2) is 29.6 Å². The van der Waals surface area contributed by atoms with Crippen molar-refractivity contribution in [3.8, 4) is 11.5 Å². The summed E-state index contributed by atoms with van der Waals surface area (Å²) < 4.78 is 23.6. The number of carbonyl (C=O) groups is 1. The first-order valence-electron chi connectivity index (χ1n) is 5.37. The lowest BCUT2D eigenvalue weighted by molar-refractivity contribution is 0.0702. The van der Waals surface area contributed by atoms with Crippen molar-refractivity contribution in [3.05, 3.63) is 45.9 Å². The molecule has 0 amide bonds. The van der Waals surface area contributed by atoms with Gasteiger partial charge in [0.1, 0.15) is 28.8 Å². The summed E-state index contributed by atoms with van der Waals surface area (Å²) in [6.07, 6.45) is 0. The van der Waals surface area contributed by atoms with Crippen molar-refractivity contribution < 1.29 is 23.8 Å². The lowest BCUT2D eigenvalue weighted by Gasteiger charge is -2.09. The molecule has 2 rings (SSSR count). The van der Waals surface area contributed by atoms with Gasteiger partial charge in [-0.05, 0) is 18.2 Å². The molecule has 0 aliphatic carbocycles. The van der Waals surface area contributed by atoms with Crippen LogP contribution in [0.2, 0.25) is 0 Å². The fourth-order valence-corrected chi connectivity index (χ4v) is 2.19. The molecule has 0 atom stereocenters. The molecule has 0 spiro atoms. The van der Waals surface area contributed by atoms with Gasteiger partial charge < -0.3 is 14.6 Å². The lowest BCUT2D eigenvalue weighted by atomic mass is 10.2. The van der Waals surface area contributed by atoms with Crippen LogP contribution >= 0.6 is 11.3 Å². The van der Waals surface area contributed by atoms with E-state index in [9.17, 15) is 9.18 Å². The Hall–Kier alpha value is -2.08. The second-order valence-electron chi connectivity index (χ2n) is 3.70. The molecule has 1 aromatic carbocycles. The van der Waals surface area contributed by atoms with Gasteiger partial charge in [0.2, 0.25) is 0 Å². The van der Waals surface area contributed by atoms with Gasteiger partial charge in [0, 0.05) is 17.0 Å². The van der Waals surface area contributed by atoms with Crippen LogP contribution < -0.4 is 9.47 Å². The van der Waals surface area contributed by atoms with Crippen molar-refractivity contribution in [1.29, 1.82) is 0 Å². The third-order valence-corrected chi connectivity index (χ3v) is 3.32. The number of hydrogen-bond acceptors (Lipinski definition) is 4. The lowest BCUT2D eigenvalue weighted by Crippen LogP contribution is -1.99. The van der Waals surface area contributed by atoms with Crippen LogP contribution in [0.1, 0.15) is 15.2 Å². The number of halogens is 1. The van der Waals surface area contributed by atoms with Gasteiger partial charge in [0.25, 0.3) is 0 Å². The largest absolute Gasteiger partial charge is 0.496 e. The molecule has 0 saturated heterocycles. The molecule has 1 heterocycles. The van der Waals surface area contributed by atoms with Crippen molar-refractivity contribution in [2.24, 2.45) is 0 Å². The molecule has 0 fully saturated rings. The Morgan fingerprint density at radius 1 is 1.42 bits per heavy atom. The third-order valence-electron chi connectivity index (χ3n) is 2.42. The predicted octanol–water partition coefficient (Wildman–Crippen LogP) is 3.17. The highest BCUT2D eigenvalue weighted by Gasteiger charge is 2.09. The zero-order valence-electron chi connectivity index (χ0n) is 10.1. The van der Waals surface area contributed by atoms with E-state index < -0.39 is 5.97 Å². The molecule has 2 aromatic rings. The highest BCUT2D eigenvalue weighted by molar-refractivity contribution is 7.12. The van der Waals surface area contributed by atoms with E-state index in [1.807, 2.05) is 0 Å². The van der Waals surface area contributed by atoms with Crippen LogP contribution in [0, 0.1) is 5.82 Å². The van der Waals surface area contributed by atoms with Crippen molar-refractivity contribution in [1.82, 2.24) is 0 Å². The number of methoxy groups -OCH3 is 1. The summed E-state index contributed by atoms with van der Waals surface area (Å²) in [5, 5.41) is 10.4. The minimum absolute atomic E-state index is 0.108. The fourth-order valence-electron chi connectivity index (χ4n) is 1.53. The number of thiophene rings is 1. The highest BCUT2D eigenvalue weighted by atomic mass is 32.1. The Balaban J connectivity index is 2.09. The van der Waals surface area contributed by atoms with Crippen LogP contribution in [0.3, 0.4) is 0 Å². The standard InChI is InChI=1S/C13H11FO4S/c1-17-11-3-2-9(14)4-8(11)6-18-10-5-12(13(15)16)19-7-10/h2-5,7H,6H2,1H3,(H,15,16). The Bertz CT molecular complexity index is 594. The van der Waals surface area contributed by atoms with Gasteiger partial charge in [-0.2, -0.15) is 0 Å². The molecular weight excluding hydrogens is 271 g/mol. The summed E-state index contributed by atoms with van der Waals surface area (Å²) in [5.41, 5.74) is 0.561. The van der Waals surface area contributed by atoms with E-state index >= 15 is 0 Å². The molecule has 19 heavy (non-hydrogen) atoms. The fraction of sp³-hybridized carbons (Fsp3) is 0.154. The molecule has 4 nitrogen and oxygen atoms in total. The maximum atomic E-state index is 13.1. The van der Waals surface area contributed by atoms with Crippen LogP contribution in [-0.2, 0) is 6.61 Å². The van der Waals surface area contributed by atoms with Crippen molar-refractivity contribution >= 4 is 17.3 Å². The summed E-state index contributed by atoms with van der Waals surface area (Å²) in [7, 11) is 1.49. The number of aromatic carboxylic acids is 1. The van der Waals surface area contributed by atoms with Gasteiger partial charge in [-0.15, -0.1) is 11.3 Å². The van der Waals surface area contributed by atoms with E-state index in [2.05, 4.69) is 0 Å². The van der Waals surface area contributed by atoms with Crippen molar-refractivity contribution in [2.75, 3.05) is 7.11 Å². The van der Waals surface area contributed by atoms with E-state index in [1.54, 1.807) is 5.38 Å². The van der Waals surface area contributed by atoms with Gasteiger partial charge >= 0.3 is 5.97 Å². The zero-order valence-corrected chi connectivity index (χ0v) is 10.9. The number of hydrogen-bond donors (Lipinski definition) is 1. The summed E-state index contributed by atoms with van der Waals surface area (Å²) in [4.78, 5) is 10.9. The minimum Gasteiger partial charge on any atom is -0.496 e. The second-order valence-corrected chi connectivity index (χ2v) is 4.61. The van der Waals surface area contributed by atoms with Crippen LogP contribution in [0.5, 0.6) is 11.5 Å². The van der Waals surface area contributed by atoms with Crippen LogP contribution in [0.4, 0.5) is 4.39 Å². The smallest absolute Gasteiger partial charge is 0.346 e. The number of carboxylic acids is 1. The van der Waals surface area contributed by atoms with Gasteiger partial charge in [-0.1, -0.05) is 0 Å². The monoisotopic (exact) mass is 282 g/mol. The van der Waals surface area contributed by atoms with Gasteiger partial charge in [0.15, 0.2) is 0 Å². The maximum Gasteiger partial charge on any atom is 0.346 e. The normalized spacial score (nSPS) is 10.2. The maximum absolute atomic E-state index is 13.1. The molecule has 6 heteroatoms. The Labute approximate surface area is 113 Å². The van der Waals surface area contributed by atoms with E-state index in [0.717, 1.165) is 11.3 Å². The van der Waals surface area contributed by atoms with Gasteiger partial charge in [-0.25, -0.2) is 9.18 Å².